The van der Waals surface area contributed by atoms with Crippen molar-refractivity contribution >= 4 is 11.0 Å². The van der Waals surface area contributed by atoms with Crippen molar-refractivity contribution in [2.45, 2.75) is 46.3 Å². The first-order valence-electron chi connectivity index (χ1n) is 9.42. The van der Waals surface area contributed by atoms with Crippen molar-refractivity contribution < 1.29 is 14.6 Å². The number of aromatic nitrogens is 2. The van der Waals surface area contributed by atoms with Crippen molar-refractivity contribution in [3.05, 3.63) is 53.3 Å². The van der Waals surface area contributed by atoms with Crippen molar-refractivity contribution in [3.8, 4) is 11.5 Å². The van der Waals surface area contributed by atoms with Gasteiger partial charge in [-0.25, -0.2) is 4.98 Å². The highest BCUT2D eigenvalue weighted by atomic mass is 16.5. The Morgan fingerprint density at radius 3 is 2.48 bits per heavy atom. The summed E-state index contributed by atoms with van der Waals surface area (Å²) in [6, 6.07) is 11.9. The molecule has 1 N–H and O–H groups in total. The summed E-state index contributed by atoms with van der Waals surface area (Å²) in [6.45, 7) is 7.38. The Kier molecular flexibility index (Phi) is 6.01. The van der Waals surface area contributed by atoms with Gasteiger partial charge in [-0.15, -0.1) is 0 Å². The SMILES string of the molecule is COc1ccccc1OCCCCn1c(C(C)O)nc2cc(C)c(C)cc21. The number of aliphatic hydroxyl groups excluding tert-OH is 1. The standard InChI is InChI=1S/C22H28N2O3/c1-15-13-18-19(14-16(15)2)24(22(23-18)17(3)25)11-7-8-12-27-21-10-6-5-9-20(21)26-4/h5-6,9-10,13-14,17,25H,7-8,11-12H2,1-4H3. The highest BCUT2D eigenvalue weighted by Gasteiger charge is 2.15. The quantitative estimate of drug-likeness (QED) is 0.592. The molecule has 144 valence electrons. The third-order valence-corrected chi connectivity index (χ3v) is 4.87. The molecule has 1 unspecified atom stereocenters. The molecule has 0 amide bonds. The fraction of sp³-hybridized carbons (Fsp3) is 0.409. The van der Waals surface area contributed by atoms with E-state index in [1.807, 2.05) is 24.3 Å². The summed E-state index contributed by atoms with van der Waals surface area (Å²) in [5, 5.41) is 10.1. The molecule has 3 aromatic rings. The number of methoxy groups -OCH3 is 1. The van der Waals surface area contributed by atoms with Crippen LogP contribution in [0.3, 0.4) is 0 Å². The lowest BCUT2D eigenvalue weighted by molar-refractivity contribution is 0.184. The molecule has 0 saturated heterocycles. The number of para-hydroxylation sites is 2. The van der Waals surface area contributed by atoms with Gasteiger partial charge in [0.2, 0.25) is 0 Å². The lowest BCUT2D eigenvalue weighted by atomic mass is 10.1. The van der Waals surface area contributed by atoms with Crippen molar-refractivity contribution in [1.29, 1.82) is 0 Å². The Bertz CT molecular complexity index is 915. The van der Waals surface area contributed by atoms with E-state index in [0.717, 1.165) is 47.7 Å². The lowest BCUT2D eigenvalue weighted by Gasteiger charge is -2.13. The number of rotatable bonds is 8. The van der Waals surface area contributed by atoms with Crippen molar-refractivity contribution in [2.24, 2.45) is 0 Å². The molecular formula is C22H28N2O3. The summed E-state index contributed by atoms with van der Waals surface area (Å²) in [5.41, 5.74) is 4.48. The van der Waals surface area contributed by atoms with Crippen LogP contribution in [-0.4, -0.2) is 28.4 Å². The van der Waals surface area contributed by atoms with Gasteiger partial charge in [-0.3, -0.25) is 0 Å². The molecule has 0 aliphatic rings. The van der Waals surface area contributed by atoms with Crippen LogP contribution in [-0.2, 0) is 6.54 Å². The molecule has 27 heavy (non-hydrogen) atoms. The van der Waals surface area contributed by atoms with Gasteiger partial charge in [0.15, 0.2) is 11.5 Å². The molecule has 3 rings (SSSR count). The number of aliphatic hydroxyl groups is 1. The van der Waals surface area contributed by atoms with E-state index in [0.29, 0.717) is 6.61 Å². The maximum atomic E-state index is 10.1. The van der Waals surface area contributed by atoms with Crippen LogP contribution in [0.5, 0.6) is 11.5 Å². The van der Waals surface area contributed by atoms with Gasteiger partial charge in [0, 0.05) is 6.54 Å². The zero-order valence-corrected chi connectivity index (χ0v) is 16.5. The summed E-state index contributed by atoms with van der Waals surface area (Å²) >= 11 is 0. The molecule has 0 aliphatic carbocycles. The maximum Gasteiger partial charge on any atom is 0.161 e. The Morgan fingerprint density at radius 2 is 1.78 bits per heavy atom. The van der Waals surface area contributed by atoms with Crippen LogP contribution in [0.2, 0.25) is 0 Å². The molecule has 0 saturated carbocycles. The van der Waals surface area contributed by atoms with E-state index in [1.54, 1.807) is 14.0 Å². The molecule has 0 spiro atoms. The number of fused-ring (bicyclic) bond motifs is 1. The third kappa shape index (κ3) is 4.25. The Morgan fingerprint density at radius 1 is 1.07 bits per heavy atom. The normalized spacial score (nSPS) is 12.3. The molecular weight excluding hydrogens is 340 g/mol. The van der Waals surface area contributed by atoms with E-state index in [4.69, 9.17) is 9.47 Å². The average molecular weight is 368 g/mol. The number of unbranched alkanes of at least 4 members (excludes halogenated alkanes) is 1. The fourth-order valence-electron chi connectivity index (χ4n) is 3.24. The van der Waals surface area contributed by atoms with Crippen LogP contribution in [0, 0.1) is 13.8 Å². The maximum absolute atomic E-state index is 10.1. The van der Waals surface area contributed by atoms with Gasteiger partial charge in [0.25, 0.3) is 0 Å². The van der Waals surface area contributed by atoms with Gasteiger partial charge in [-0.05, 0) is 69.0 Å². The molecule has 5 nitrogen and oxygen atoms in total. The van der Waals surface area contributed by atoms with Gasteiger partial charge in [0.1, 0.15) is 11.9 Å². The smallest absolute Gasteiger partial charge is 0.161 e. The second kappa shape index (κ2) is 8.44. The number of benzene rings is 2. The number of hydrogen-bond acceptors (Lipinski definition) is 4. The van der Waals surface area contributed by atoms with E-state index in [1.165, 1.54) is 11.1 Å². The van der Waals surface area contributed by atoms with Gasteiger partial charge in [-0.2, -0.15) is 0 Å². The minimum Gasteiger partial charge on any atom is -0.493 e. The molecule has 0 radical (unpaired) electrons. The number of nitrogens with zero attached hydrogens (tertiary/aromatic N) is 2. The zero-order chi connectivity index (χ0) is 19.4. The van der Waals surface area contributed by atoms with Crippen LogP contribution in [0.15, 0.2) is 36.4 Å². The van der Waals surface area contributed by atoms with Crippen molar-refractivity contribution in [1.82, 2.24) is 9.55 Å². The first kappa shape index (κ1) is 19.2. The van der Waals surface area contributed by atoms with Crippen LogP contribution >= 0.6 is 0 Å². The molecule has 0 bridgehead atoms. The summed E-state index contributed by atoms with van der Waals surface area (Å²) in [7, 11) is 1.65. The molecule has 2 aromatic carbocycles. The third-order valence-electron chi connectivity index (χ3n) is 4.87. The fourth-order valence-corrected chi connectivity index (χ4v) is 3.24. The number of ether oxygens (including phenoxy) is 2. The Hall–Kier alpha value is -2.53. The second-order valence-corrected chi connectivity index (χ2v) is 6.93. The van der Waals surface area contributed by atoms with E-state index in [-0.39, 0.29) is 0 Å². The predicted molar refractivity (Wildman–Crippen MR) is 108 cm³/mol. The van der Waals surface area contributed by atoms with Crippen LogP contribution in [0.1, 0.15) is 42.8 Å². The van der Waals surface area contributed by atoms with E-state index in [2.05, 4.69) is 35.5 Å². The highest BCUT2D eigenvalue weighted by molar-refractivity contribution is 5.78. The summed E-state index contributed by atoms with van der Waals surface area (Å²) in [5.74, 6) is 2.24. The van der Waals surface area contributed by atoms with Crippen molar-refractivity contribution in [2.75, 3.05) is 13.7 Å². The zero-order valence-electron chi connectivity index (χ0n) is 16.5. The molecule has 5 heteroatoms. The highest BCUT2D eigenvalue weighted by Crippen LogP contribution is 2.27. The van der Waals surface area contributed by atoms with Crippen LogP contribution in [0.25, 0.3) is 11.0 Å². The van der Waals surface area contributed by atoms with Gasteiger partial charge >= 0.3 is 0 Å². The second-order valence-electron chi connectivity index (χ2n) is 6.93. The molecule has 1 heterocycles. The Balaban J connectivity index is 1.66. The minimum absolute atomic E-state index is 0.595. The van der Waals surface area contributed by atoms with Crippen molar-refractivity contribution in [3.63, 3.8) is 0 Å². The Labute approximate surface area is 160 Å². The molecule has 1 atom stereocenters. The average Bonchev–Trinajstić information content (AvgIpc) is 3.00. The summed E-state index contributed by atoms with van der Waals surface area (Å²) < 4.78 is 13.3. The molecule has 0 aliphatic heterocycles. The summed E-state index contributed by atoms with van der Waals surface area (Å²) in [4.78, 5) is 4.65. The lowest BCUT2D eigenvalue weighted by Crippen LogP contribution is -2.08. The van der Waals surface area contributed by atoms with Gasteiger partial charge < -0.3 is 19.1 Å². The topological polar surface area (TPSA) is 56.5 Å². The largest absolute Gasteiger partial charge is 0.493 e. The van der Waals surface area contributed by atoms with Crippen LogP contribution < -0.4 is 9.47 Å². The van der Waals surface area contributed by atoms with Gasteiger partial charge in [-0.1, -0.05) is 12.1 Å². The molecule has 1 aromatic heterocycles. The molecule has 0 fully saturated rings. The monoisotopic (exact) mass is 368 g/mol. The summed E-state index contributed by atoms with van der Waals surface area (Å²) in [6.07, 6.45) is 1.25. The van der Waals surface area contributed by atoms with E-state index in [9.17, 15) is 5.11 Å². The minimum atomic E-state index is -0.595. The van der Waals surface area contributed by atoms with Gasteiger partial charge in [0.05, 0.1) is 24.8 Å². The number of aryl methyl sites for hydroxylation is 3. The first-order chi connectivity index (χ1) is 13.0. The number of hydrogen-bond donors (Lipinski definition) is 1. The van der Waals surface area contributed by atoms with E-state index >= 15 is 0 Å². The first-order valence-corrected chi connectivity index (χ1v) is 9.42. The van der Waals surface area contributed by atoms with E-state index < -0.39 is 6.10 Å². The van der Waals surface area contributed by atoms with Crippen LogP contribution in [0.4, 0.5) is 0 Å². The predicted octanol–water partition coefficient (Wildman–Crippen LogP) is 4.57. The number of imidazole rings is 1.